The van der Waals surface area contributed by atoms with Gasteiger partial charge in [0.1, 0.15) is 5.82 Å². The van der Waals surface area contributed by atoms with E-state index in [0.29, 0.717) is 13.0 Å². The van der Waals surface area contributed by atoms with Gasteiger partial charge in [0, 0.05) is 36.1 Å². The quantitative estimate of drug-likeness (QED) is 0.716. The smallest absolute Gasteiger partial charge is 0.220 e. The number of carbonyl (C=O) groups is 1. The number of aryl methyl sites for hydroxylation is 2. The number of amides is 1. The lowest BCUT2D eigenvalue weighted by Gasteiger charge is -2.04. The molecule has 0 fully saturated rings. The van der Waals surface area contributed by atoms with Crippen LogP contribution in [0.2, 0.25) is 0 Å². The lowest BCUT2D eigenvalue weighted by Crippen LogP contribution is -2.25. The molecule has 3 rings (SSSR count). The van der Waals surface area contributed by atoms with E-state index in [1.54, 1.807) is 11.3 Å². The summed E-state index contributed by atoms with van der Waals surface area (Å²) < 4.78 is 2.08. The highest BCUT2D eigenvalue weighted by Crippen LogP contribution is 2.12. The lowest BCUT2D eigenvalue weighted by molar-refractivity contribution is -0.121. The number of benzene rings is 1. The van der Waals surface area contributed by atoms with Crippen molar-refractivity contribution in [3.05, 3.63) is 70.4 Å². The topological polar surface area (TPSA) is 46.9 Å². The number of aromatic nitrogens is 2. The van der Waals surface area contributed by atoms with E-state index >= 15 is 0 Å². The molecule has 0 aliphatic heterocycles. The van der Waals surface area contributed by atoms with Crippen molar-refractivity contribution in [2.45, 2.75) is 26.2 Å². The predicted octanol–water partition coefficient (Wildman–Crippen LogP) is 3.53. The fraction of sp³-hybridized carbons (Fsp3) is 0.263. The number of rotatable bonds is 7. The normalized spacial score (nSPS) is 10.7. The molecule has 1 N–H and O–H groups in total. The average molecular weight is 339 g/mol. The Kier molecular flexibility index (Phi) is 5.43. The molecule has 0 atom stereocenters. The summed E-state index contributed by atoms with van der Waals surface area (Å²) in [6.07, 6.45) is 4.14. The van der Waals surface area contributed by atoms with Crippen LogP contribution in [0.5, 0.6) is 0 Å². The van der Waals surface area contributed by atoms with E-state index in [-0.39, 0.29) is 5.91 Å². The zero-order valence-electron chi connectivity index (χ0n) is 13.7. The number of carbonyl (C=O) groups excluding carboxylic acids is 1. The SMILES string of the molecule is Cc1nc(CCNC(=O)CCc2cccs2)cn1-c1ccccc1. The maximum atomic E-state index is 11.9. The second-order valence-electron chi connectivity index (χ2n) is 5.66. The van der Waals surface area contributed by atoms with Crippen molar-refractivity contribution in [2.24, 2.45) is 0 Å². The first kappa shape index (κ1) is 16.5. The molecule has 0 saturated carbocycles. The summed E-state index contributed by atoms with van der Waals surface area (Å²) in [5.74, 6) is 1.06. The molecule has 124 valence electrons. The number of imidazole rings is 1. The summed E-state index contributed by atoms with van der Waals surface area (Å²) in [5, 5.41) is 5.02. The van der Waals surface area contributed by atoms with Gasteiger partial charge in [-0.15, -0.1) is 11.3 Å². The van der Waals surface area contributed by atoms with Crippen LogP contribution in [-0.2, 0) is 17.6 Å². The molecule has 0 saturated heterocycles. The highest BCUT2D eigenvalue weighted by molar-refractivity contribution is 7.09. The largest absolute Gasteiger partial charge is 0.356 e. The summed E-state index contributed by atoms with van der Waals surface area (Å²) in [6.45, 7) is 2.62. The third-order valence-electron chi connectivity index (χ3n) is 3.85. The first-order valence-corrected chi connectivity index (χ1v) is 9.00. The Bertz CT molecular complexity index is 778. The first-order valence-electron chi connectivity index (χ1n) is 8.12. The van der Waals surface area contributed by atoms with Gasteiger partial charge >= 0.3 is 0 Å². The minimum absolute atomic E-state index is 0.0996. The Morgan fingerprint density at radius 2 is 2.00 bits per heavy atom. The molecule has 0 spiro atoms. The molecule has 0 aliphatic carbocycles. The number of thiophene rings is 1. The van der Waals surface area contributed by atoms with Gasteiger partial charge in [-0.3, -0.25) is 4.79 Å². The summed E-state index contributed by atoms with van der Waals surface area (Å²) in [7, 11) is 0. The van der Waals surface area contributed by atoms with E-state index in [2.05, 4.69) is 33.1 Å². The molecule has 3 aromatic rings. The van der Waals surface area contributed by atoms with Crippen molar-refractivity contribution in [3.63, 3.8) is 0 Å². The number of nitrogens with one attached hydrogen (secondary N) is 1. The minimum Gasteiger partial charge on any atom is -0.356 e. The first-order chi connectivity index (χ1) is 11.7. The Morgan fingerprint density at radius 1 is 1.17 bits per heavy atom. The van der Waals surface area contributed by atoms with E-state index in [0.717, 1.165) is 30.0 Å². The van der Waals surface area contributed by atoms with Crippen LogP contribution in [0.3, 0.4) is 0 Å². The van der Waals surface area contributed by atoms with Crippen molar-refractivity contribution in [1.82, 2.24) is 14.9 Å². The van der Waals surface area contributed by atoms with Crippen LogP contribution in [0.15, 0.2) is 54.0 Å². The Balaban J connectivity index is 1.48. The highest BCUT2D eigenvalue weighted by atomic mass is 32.1. The molecule has 24 heavy (non-hydrogen) atoms. The molecule has 0 unspecified atom stereocenters. The maximum absolute atomic E-state index is 11.9. The van der Waals surface area contributed by atoms with Crippen LogP contribution >= 0.6 is 11.3 Å². The summed E-state index contributed by atoms with van der Waals surface area (Å²) >= 11 is 1.70. The summed E-state index contributed by atoms with van der Waals surface area (Å²) in [6, 6.07) is 14.2. The Hall–Kier alpha value is -2.40. The second kappa shape index (κ2) is 7.93. The lowest BCUT2D eigenvalue weighted by atomic mass is 10.2. The van der Waals surface area contributed by atoms with Gasteiger partial charge < -0.3 is 9.88 Å². The van der Waals surface area contributed by atoms with Crippen molar-refractivity contribution in [2.75, 3.05) is 6.54 Å². The zero-order valence-corrected chi connectivity index (χ0v) is 14.6. The van der Waals surface area contributed by atoms with Crippen LogP contribution in [-0.4, -0.2) is 22.0 Å². The molecule has 0 bridgehead atoms. The number of nitrogens with zero attached hydrogens (tertiary/aromatic N) is 2. The van der Waals surface area contributed by atoms with Gasteiger partial charge in [0.05, 0.1) is 5.69 Å². The van der Waals surface area contributed by atoms with Gasteiger partial charge in [-0.1, -0.05) is 24.3 Å². The molecule has 0 radical (unpaired) electrons. The fourth-order valence-corrected chi connectivity index (χ4v) is 3.32. The van der Waals surface area contributed by atoms with E-state index < -0.39 is 0 Å². The van der Waals surface area contributed by atoms with Crippen LogP contribution in [0.1, 0.15) is 22.8 Å². The molecule has 0 aliphatic rings. The fourth-order valence-electron chi connectivity index (χ4n) is 2.61. The standard InChI is InChI=1S/C19H21N3OS/c1-15-21-16(14-22(15)17-6-3-2-4-7-17)11-12-20-19(23)10-9-18-8-5-13-24-18/h2-8,13-14H,9-12H2,1H3,(H,20,23). The molecule has 2 aromatic heterocycles. The molecule has 2 heterocycles. The maximum Gasteiger partial charge on any atom is 0.220 e. The predicted molar refractivity (Wildman–Crippen MR) is 97.7 cm³/mol. The molecule has 1 amide bonds. The Labute approximate surface area is 146 Å². The number of para-hydroxylation sites is 1. The van der Waals surface area contributed by atoms with Gasteiger partial charge in [-0.05, 0) is 36.9 Å². The van der Waals surface area contributed by atoms with Crippen LogP contribution < -0.4 is 5.32 Å². The van der Waals surface area contributed by atoms with Crippen molar-refractivity contribution in [3.8, 4) is 5.69 Å². The third kappa shape index (κ3) is 4.32. The van der Waals surface area contributed by atoms with Gasteiger partial charge in [0.25, 0.3) is 0 Å². The molecule has 5 heteroatoms. The third-order valence-corrected chi connectivity index (χ3v) is 4.78. The van der Waals surface area contributed by atoms with Crippen LogP contribution in [0, 0.1) is 6.92 Å². The summed E-state index contributed by atoms with van der Waals surface area (Å²) in [4.78, 5) is 17.7. The summed E-state index contributed by atoms with van der Waals surface area (Å²) in [5.41, 5.74) is 2.10. The van der Waals surface area contributed by atoms with E-state index in [1.807, 2.05) is 42.8 Å². The monoisotopic (exact) mass is 339 g/mol. The molecule has 4 nitrogen and oxygen atoms in total. The van der Waals surface area contributed by atoms with Crippen LogP contribution in [0.4, 0.5) is 0 Å². The van der Waals surface area contributed by atoms with E-state index in [1.165, 1.54) is 4.88 Å². The molecular formula is C19H21N3OS. The van der Waals surface area contributed by atoms with Crippen LogP contribution in [0.25, 0.3) is 5.69 Å². The number of hydrogen-bond acceptors (Lipinski definition) is 3. The average Bonchev–Trinajstić information content (AvgIpc) is 3.23. The van der Waals surface area contributed by atoms with Crippen molar-refractivity contribution >= 4 is 17.2 Å². The van der Waals surface area contributed by atoms with Gasteiger partial charge in [-0.2, -0.15) is 0 Å². The van der Waals surface area contributed by atoms with Crippen molar-refractivity contribution < 1.29 is 4.79 Å². The van der Waals surface area contributed by atoms with E-state index in [4.69, 9.17) is 0 Å². The van der Waals surface area contributed by atoms with Gasteiger partial charge in [0.15, 0.2) is 0 Å². The molecular weight excluding hydrogens is 318 g/mol. The van der Waals surface area contributed by atoms with Crippen molar-refractivity contribution in [1.29, 1.82) is 0 Å². The number of hydrogen-bond donors (Lipinski definition) is 1. The van der Waals surface area contributed by atoms with Gasteiger partial charge in [0.2, 0.25) is 5.91 Å². The minimum atomic E-state index is 0.0996. The molecule has 1 aromatic carbocycles. The van der Waals surface area contributed by atoms with E-state index in [9.17, 15) is 4.79 Å². The second-order valence-corrected chi connectivity index (χ2v) is 6.70. The zero-order chi connectivity index (χ0) is 16.8. The Morgan fingerprint density at radius 3 is 2.75 bits per heavy atom. The van der Waals surface area contributed by atoms with Gasteiger partial charge in [-0.25, -0.2) is 4.98 Å². The highest BCUT2D eigenvalue weighted by Gasteiger charge is 2.07.